The fourth-order valence-corrected chi connectivity index (χ4v) is 3.54. The van der Waals surface area contributed by atoms with Crippen LogP contribution in [0.1, 0.15) is 15.9 Å². The van der Waals surface area contributed by atoms with Gasteiger partial charge in [0, 0.05) is 38.3 Å². The van der Waals surface area contributed by atoms with Crippen LogP contribution in [0.5, 0.6) is 11.5 Å². The highest BCUT2D eigenvalue weighted by Crippen LogP contribution is 2.33. The molecule has 7 heteroatoms. The fraction of sp³-hybridized carbons (Fsp3) is 0.316. The number of hydrogen-bond acceptors (Lipinski definition) is 4. The van der Waals surface area contributed by atoms with E-state index in [2.05, 4.69) is 4.90 Å². The molecule has 4 rings (SSSR count). The van der Waals surface area contributed by atoms with Gasteiger partial charge in [-0.15, -0.1) is 0 Å². The minimum atomic E-state index is 0.0255. The summed E-state index contributed by atoms with van der Waals surface area (Å²) in [4.78, 5) is 16.9. The largest absolute Gasteiger partial charge is 0.454 e. The number of amides is 1. The summed E-state index contributed by atoms with van der Waals surface area (Å²) in [6.45, 7) is 4.01. The van der Waals surface area contributed by atoms with Gasteiger partial charge in [-0.2, -0.15) is 0 Å². The molecule has 0 aromatic heterocycles. The molecular weight excluding hydrogens is 375 g/mol. The standard InChI is InChI=1S/C19H18Cl2N2O3/c20-15-3-1-13(9-16(15)21)11-22-5-7-23(8-6-22)19(24)14-2-4-17-18(10-14)26-12-25-17/h1-4,9-10H,5-8,11-12H2. The van der Waals surface area contributed by atoms with Crippen molar-refractivity contribution in [1.29, 1.82) is 0 Å². The van der Waals surface area contributed by atoms with E-state index < -0.39 is 0 Å². The van der Waals surface area contributed by atoms with Gasteiger partial charge in [0.25, 0.3) is 5.91 Å². The Kier molecular flexibility index (Phi) is 4.94. The number of halogens is 2. The van der Waals surface area contributed by atoms with Gasteiger partial charge in [-0.1, -0.05) is 29.3 Å². The quantitative estimate of drug-likeness (QED) is 0.798. The van der Waals surface area contributed by atoms with Crippen molar-refractivity contribution in [2.24, 2.45) is 0 Å². The van der Waals surface area contributed by atoms with E-state index in [-0.39, 0.29) is 12.7 Å². The maximum Gasteiger partial charge on any atom is 0.254 e. The van der Waals surface area contributed by atoms with Crippen LogP contribution in [-0.4, -0.2) is 48.7 Å². The average molecular weight is 393 g/mol. The zero-order valence-corrected chi connectivity index (χ0v) is 15.6. The van der Waals surface area contributed by atoms with Crippen molar-refractivity contribution in [2.45, 2.75) is 6.54 Å². The molecule has 1 saturated heterocycles. The van der Waals surface area contributed by atoms with E-state index in [0.717, 1.165) is 25.2 Å². The predicted molar refractivity (Wildman–Crippen MR) is 100 cm³/mol. The zero-order chi connectivity index (χ0) is 18.1. The molecule has 2 aromatic rings. The Morgan fingerprint density at radius 3 is 2.46 bits per heavy atom. The molecule has 0 saturated carbocycles. The first-order chi connectivity index (χ1) is 12.6. The molecule has 0 aliphatic carbocycles. The lowest BCUT2D eigenvalue weighted by molar-refractivity contribution is 0.0628. The highest BCUT2D eigenvalue weighted by molar-refractivity contribution is 6.42. The number of carbonyl (C=O) groups excluding carboxylic acids is 1. The molecule has 0 unspecified atom stereocenters. The van der Waals surface area contributed by atoms with Gasteiger partial charge in [0.15, 0.2) is 11.5 Å². The Hall–Kier alpha value is -1.95. The topological polar surface area (TPSA) is 42.0 Å². The second-order valence-corrected chi connectivity index (χ2v) is 7.20. The number of benzene rings is 2. The van der Waals surface area contributed by atoms with Crippen LogP contribution >= 0.6 is 23.2 Å². The van der Waals surface area contributed by atoms with Gasteiger partial charge in [0.1, 0.15) is 0 Å². The van der Waals surface area contributed by atoms with Crippen molar-refractivity contribution in [3.05, 3.63) is 57.6 Å². The predicted octanol–water partition coefficient (Wildman–Crippen LogP) is 3.68. The van der Waals surface area contributed by atoms with Crippen molar-refractivity contribution in [1.82, 2.24) is 9.80 Å². The van der Waals surface area contributed by atoms with Crippen molar-refractivity contribution < 1.29 is 14.3 Å². The smallest absolute Gasteiger partial charge is 0.254 e. The first kappa shape index (κ1) is 17.5. The molecule has 1 amide bonds. The van der Waals surface area contributed by atoms with Crippen molar-refractivity contribution in [3.8, 4) is 11.5 Å². The maximum atomic E-state index is 12.7. The van der Waals surface area contributed by atoms with E-state index in [1.165, 1.54) is 0 Å². The summed E-state index contributed by atoms with van der Waals surface area (Å²) in [5.74, 6) is 1.35. The highest BCUT2D eigenvalue weighted by Gasteiger charge is 2.24. The zero-order valence-electron chi connectivity index (χ0n) is 14.1. The lowest BCUT2D eigenvalue weighted by Gasteiger charge is -2.34. The van der Waals surface area contributed by atoms with Crippen LogP contribution in [0, 0.1) is 0 Å². The average Bonchev–Trinajstić information content (AvgIpc) is 3.12. The molecule has 0 atom stereocenters. The SMILES string of the molecule is O=C(c1ccc2c(c1)OCO2)N1CCN(Cc2ccc(Cl)c(Cl)c2)CC1. The third-order valence-corrected chi connectivity index (χ3v) is 5.41. The Bertz CT molecular complexity index is 836. The van der Waals surface area contributed by atoms with Gasteiger partial charge in [-0.3, -0.25) is 9.69 Å². The molecule has 2 aliphatic rings. The lowest BCUT2D eigenvalue weighted by Crippen LogP contribution is -2.48. The summed E-state index contributed by atoms with van der Waals surface area (Å²) >= 11 is 12.0. The van der Waals surface area contributed by atoms with E-state index in [1.807, 2.05) is 23.1 Å². The van der Waals surface area contributed by atoms with E-state index in [1.54, 1.807) is 18.2 Å². The monoisotopic (exact) mass is 392 g/mol. The normalized spacial score (nSPS) is 16.8. The van der Waals surface area contributed by atoms with Gasteiger partial charge in [-0.25, -0.2) is 0 Å². The molecule has 0 radical (unpaired) electrons. The minimum absolute atomic E-state index is 0.0255. The van der Waals surface area contributed by atoms with E-state index in [9.17, 15) is 4.79 Å². The lowest BCUT2D eigenvalue weighted by atomic mass is 10.1. The van der Waals surface area contributed by atoms with Crippen LogP contribution < -0.4 is 9.47 Å². The minimum Gasteiger partial charge on any atom is -0.454 e. The molecule has 1 fully saturated rings. The first-order valence-electron chi connectivity index (χ1n) is 8.45. The third kappa shape index (κ3) is 3.61. The Morgan fingerprint density at radius 2 is 1.69 bits per heavy atom. The van der Waals surface area contributed by atoms with E-state index in [0.29, 0.717) is 40.2 Å². The van der Waals surface area contributed by atoms with Gasteiger partial charge < -0.3 is 14.4 Å². The van der Waals surface area contributed by atoms with Gasteiger partial charge in [-0.05, 0) is 35.9 Å². The summed E-state index contributed by atoms with van der Waals surface area (Å²) in [5.41, 5.74) is 1.75. The molecule has 2 aliphatic heterocycles. The number of piperazine rings is 1. The van der Waals surface area contributed by atoms with Crippen molar-refractivity contribution in [3.63, 3.8) is 0 Å². The van der Waals surface area contributed by atoms with Crippen LogP contribution in [-0.2, 0) is 6.54 Å². The number of ether oxygens (including phenoxy) is 2. The van der Waals surface area contributed by atoms with Gasteiger partial charge in [0.2, 0.25) is 6.79 Å². The van der Waals surface area contributed by atoms with E-state index in [4.69, 9.17) is 32.7 Å². The Balaban J connectivity index is 1.35. The van der Waals surface area contributed by atoms with Crippen LogP contribution in [0.25, 0.3) is 0 Å². The van der Waals surface area contributed by atoms with Crippen molar-refractivity contribution >= 4 is 29.1 Å². The molecule has 26 heavy (non-hydrogen) atoms. The molecule has 0 spiro atoms. The van der Waals surface area contributed by atoms with Crippen LogP contribution in [0.15, 0.2) is 36.4 Å². The Morgan fingerprint density at radius 1 is 0.923 bits per heavy atom. The molecule has 0 N–H and O–H groups in total. The molecular formula is C19H18Cl2N2O3. The van der Waals surface area contributed by atoms with E-state index >= 15 is 0 Å². The second kappa shape index (κ2) is 7.35. The second-order valence-electron chi connectivity index (χ2n) is 6.38. The highest BCUT2D eigenvalue weighted by atomic mass is 35.5. The molecule has 136 valence electrons. The number of carbonyl (C=O) groups is 1. The van der Waals surface area contributed by atoms with Crippen LogP contribution in [0.3, 0.4) is 0 Å². The first-order valence-corrected chi connectivity index (χ1v) is 9.21. The Labute approximate surface area is 162 Å². The summed E-state index contributed by atoms with van der Waals surface area (Å²) in [6.07, 6.45) is 0. The summed E-state index contributed by atoms with van der Waals surface area (Å²) in [5, 5.41) is 1.13. The number of fused-ring (bicyclic) bond motifs is 1. The summed E-state index contributed by atoms with van der Waals surface area (Å²) in [7, 11) is 0. The number of hydrogen-bond donors (Lipinski definition) is 0. The summed E-state index contributed by atoms with van der Waals surface area (Å²) in [6, 6.07) is 11.0. The molecule has 0 bridgehead atoms. The van der Waals surface area contributed by atoms with Crippen LogP contribution in [0.2, 0.25) is 10.0 Å². The molecule has 2 heterocycles. The van der Waals surface area contributed by atoms with Gasteiger partial charge >= 0.3 is 0 Å². The molecule has 2 aromatic carbocycles. The van der Waals surface area contributed by atoms with Crippen LogP contribution in [0.4, 0.5) is 0 Å². The summed E-state index contributed by atoms with van der Waals surface area (Å²) < 4.78 is 10.7. The maximum absolute atomic E-state index is 12.7. The van der Waals surface area contributed by atoms with Gasteiger partial charge in [0.05, 0.1) is 10.0 Å². The number of nitrogens with zero attached hydrogens (tertiary/aromatic N) is 2. The third-order valence-electron chi connectivity index (χ3n) is 4.67. The fourth-order valence-electron chi connectivity index (χ4n) is 3.22. The molecule has 5 nitrogen and oxygen atoms in total. The van der Waals surface area contributed by atoms with Crippen molar-refractivity contribution in [2.75, 3.05) is 33.0 Å². The number of rotatable bonds is 3.